The zero-order valence-electron chi connectivity index (χ0n) is 10.3. The molecule has 5 nitrogen and oxygen atoms in total. The van der Waals surface area contributed by atoms with Crippen molar-refractivity contribution >= 4 is 21.6 Å². The van der Waals surface area contributed by atoms with Crippen LogP contribution in [0.3, 0.4) is 0 Å². The number of halogens is 1. The van der Waals surface area contributed by atoms with E-state index < -0.39 is 15.6 Å². The summed E-state index contributed by atoms with van der Waals surface area (Å²) < 4.78 is 25.8. The quantitative estimate of drug-likeness (QED) is 0.789. The number of nitrogens with zero attached hydrogens (tertiary/aromatic N) is 3. The Hall–Kier alpha value is -0.720. The minimum Gasteiger partial charge on any atom is -0.225 e. The Morgan fingerprint density at radius 2 is 1.82 bits per heavy atom. The van der Waals surface area contributed by atoms with Crippen LogP contribution in [0.1, 0.15) is 27.2 Å². The first-order chi connectivity index (χ1) is 7.71. The molecule has 0 spiro atoms. The standard InChI is InChI=1S/C10H16ClN3O2S/c1-5-10(2,3)14(4)17(15,16)8-6-12-9(11)13-7-8/h6-7H,5H2,1-4H3. The number of hydrogen-bond donors (Lipinski definition) is 0. The SMILES string of the molecule is CCC(C)(C)N(C)S(=O)(=O)c1cnc(Cl)nc1. The van der Waals surface area contributed by atoms with Crippen molar-refractivity contribution in [2.75, 3.05) is 7.05 Å². The molecule has 1 heterocycles. The van der Waals surface area contributed by atoms with Gasteiger partial charge in [-0.1, -0.05) is 6.92 Å². The molecule has 0 amide bonds. The molecule has 0 aromatic carbocycles. The molecule has 0 unspecified atom stereocenters. The summed E-state index contributed by atoms with van der Waals surface area (Å²) in [6.45, 7) is 5.66. The number of rotatable bonds is 4. The summed E-state index contributed by atoms with van der Waals surface area (Å²) >= 11 is 5.53. The normalized spacial score (nSPS) is 13.1. The molecule has 0 atom stereocenters. The molecule has 0 radical (unpaired) electrons. The molecule has 1 aromatic rings. The Labute approximate surface area is 107 Å². The summed E-state index contributed by atoms with van der Waals surface area (Å²) in [6.07, 6.45) is 3.14. The molecule has 0 bridgehead atoms. The fourth-order valence-corrected chi connectivity index (χ4v) is 2.71. The number of hydrogen-bond acceptors (Lipinski definition) is 4. The van der Waals surface area contributed by atoms with Crippen LogP contribution in [0.5, 0.6) is 0 Å². The molecule has 0 N–H and O–H groups in total. The highest BCUT2D eigenvalue weighted by Gasteiger charge is 2.32. The van der Waals surface area contributed by atoms with Gasteiger partial charge in [0.2, 0.25) is 15.3 Å². The van der Waals surface area contributed by atoms with Crippen molar-refractivity contribution < 1.29 is 8.42 Å². The van der Waals surface area contributed by atoms with E-state index in [1.54, 1.807) is 7.05 Å². The van der Waals surface area contributed by atoms with E-state index in [0.717, 1.165) is 0 Å². The fraction of sp³-hybridized carbons (Fsp3) is 0.600. The maximum Gasteiger partial charge on any atom is 0.246 e. The lowest BCUT2D eigenvalue weighted by molar-refractivity contribution is 0.257. The van der Waals surface area contributed by atoms with Crippen LogP contribution in [0.25, 0.3) is 0 Å². The molecule has 0 saturated carbocycles. The summed E-state index contributed by atoms with van der Waals surface area (Å²) in [7, 11) is -2.03. The zero-order chi connectivity index (χ0) is 13.3. The van der Waals surface area contributed by atoms with Crippen LogP contribution in [0.2, 0.25) is 5.28 Å². The highest BCUT2D eigenvalue weighted by Crippen LogP contribution is 2.24. The Morgan fingerprint density at radius 1 is 1.35 bits per heavy atom. The van der Waals surface area contributed by atoms with Gasteiger partial charge in [-0.3, -0.25) is 0 Å². The van der Waals surface area contributed by atoms with Crippen LogP contribution >= 0.6 is 11.6 Å². The van der Waals surface area contributed by atoms with Gasteiger partial charge >= 0.3 is 0 Å². The van der Waals surface area contributed by atoms with E-state index in [4.69, 9.17) is 11.6 Å². The van der Waals surface area contributed by atoms with Crippen LogP contribution in [0.15, 0.2) is 17.3 Å². The smallest absolute Gasteiger partial charge is 0.225 e. The second-order valence-corrected chi connectivity index (χ2v) is 6.63. The Morgan fingerprint density at radius 3 is 2.24 bits per heavy atom. The molecule has 0 aliphatic rings. The minimum atomic E-state index is -3.58. The molecule has 0 fully saturated rings. The average Bonchev–Trinajstić information content (AvgIpc) is 2.28. The topological polar surface area (TPSA) is 63.2 Å². The van der Waals surface area contributed by atoms with E-state index in [-0.39, 0.29) is 10.2 Å². The third-order valence-electron chi connectivity index (χ3n) is 2.97. The van der Waals surface area contributed by atoms with Gasteiger partial charge in [-0.05, 0) is 31.9 Å². The number of sulfonamides is 1. The second kappa shape index (κ2) is 4.88. The lowest BCUT2D eigenvalue weighted by atomic mass is 10.0. The first-order valence-electron chi connectivity index (χ1n) is 5.18. The van der Waals surface area contributed by atoms with E-state index in [1.165, 1.54) is 16.7 Å². The van der Waals surface area contributed by atoms with Crippen molar-refractivity contribution in [2.24, 2.45) is 0 Å². The van der Waals surface area contributed by atoms with Gasteiger partial charge in [0.25, 0.3) is 0 Å². The number of aromatic nitrogens is 2. The second-order valence-electron chi connectivity index (χ2n) is 4.33. The van der Waals surface area contributed by atoms with E-state index in [0.29, 0.717) is 6.42 Å². The summed E-state index contributed by atoms with van der Waals surface area (Å²) in [5.41, 5.74) is -0.460. The summed E-state index contributed by atoms with van der Waals surface area (Å²) in [5, 5.41) is 0.0290. The molecule has 0 aliphatic carbocycles. The predicted molar refractivity (Wildman–Crippen MR) is 66.4 cm³/mol. The highest BCUT2D eigenvalue weighted by atomic mass is 35.5. The summed E-state index contributed by atoms with van der Waals surface area (Å²) in [4.78, 5) is 7.42. The zero-order valence-corrected chi connectivity index (χ0v) is 11.9. The van der Waals surface area contributed by atoms with Gasteiger partial charge < -0.3 is 0 Å². The Bertz CT molecular complexity index is 485. The predicted octanol–water partition coefficient (Wildman–Crippen LogP) is 1.94. The van der Waals surface area contributed by atoms with Gasteiger partial charge in [0.1, 0.15) is 4.90 Å². The monoisotopic (exact) mass is 277 g/mol. The van der Waals surface area contributed by atoms with Crippen molar-refractivity contribution in [1.29, 1.82) is 0 Å². The maximum absolute atomic E-state index is 12.3. The maximum atomic E-state index is 12.3. The fourth-order valence-electron chi connectivity index (χ4n) is 1.14. The molecular formula is C10H16ClN3O2S. The molecular weight excluding hydrogens is 262 g/mol. The minimum absolute atomic E-state index is 0.0290. The molecule has 0 saturated heterocycles. The van der Waals surface area contributed by atoms with Gasteiger partial charge in [0, 0.05) is 12.6 Å². The van der Waals surface area contributed by atoms with Crippen molar-refractivity contribution in [3.8, 4) is 0 Å². The van der Waals surface area contributed by atoms with Crippen LogP contribution in [-0.4, -0.2) is 35.3 Å². The van der Waals surface area contributed by atoms with Crippen molar-refractivity contribution in [3.05, 3.63) is 17.7 Å². The first-order valence-corrected chi connectivity index (χ1v) is 7.00. The van der Waals surface area contributed by atoms with Crippen LogP contribution in [0.4, 0.5) is 0 Å². The van der Waals surface area contributed by atoms with Gasteiger partial charge in [-0.15, -0.1) is 0 Å². The van der Waals surface area contributed by atoms with Gasteiger partial charge in [-0.25, -0.2) is 18.4 Å². The van der Waals surface area contributed by atoms with E-state index in [2.05, 4.69) is 9.97 Å². The van der Waals surface area contributed by atoms with Crippen LogP contribution < -0.4 is 0 Å². The van der Waals surface area contributed by atoms with E-state index in [9.17, 15) is 8.42 Å². The summed E-state index contributed by atoms with van der Waals surface area (Å²) in [6, 6.07) is 0. The first kappa shape index (κ1) is 14.3. The van der Waals surface area contributed by atoms with Gasteiger partial charge in [0.15, 0.2) is 0 Å². The Balaban J connectivity index is 3.16. The average molecular weight is 278 g/mol. The van der Waals surface area contributed by atoms with Crippen molar-refractivity contribution in [1.82, 2.24) is 14.3 Å². The Kier molecular flexibility index (Phi) is 4.11. The third-order valence-corrected chi connectivity index (χ3v) is 5.19. The molecule has 96 valence electrons. The van der Waals surface area contributed by atoms with E-state index >= 15 is 0 Å². The van der Waals surface area contributed by atoms with Crippen LogP contribution in [0, 0.1) is 0 Å². The lowest BCUT2D eigenvalue weighted by Crippen LogP contribution is -2.44. The van der Waals surface area contributed by atoms with Crippen molar-refractivity contribution in [3.63, 3.8) is 0 Å². The largest absolute Gasteiger partial charge is 0.246 e. The summed E-state index contributed by atoms with van der Waals surface area (Å²) in [5.74, 6) is 0. The molecule has 1 aromatic heterocycles. The molecule has 0 aliphatic heterocycles. The highest BCUT2D eigenvalue weighted by molar-refractivity contribution is 7.89. The van der Waals surface area contributed by atoms with Gasteiger partial charge in [0.05, 0.1) is 12.4 Å². The van der Waals surface area contributed by atoms with Gasteiger partial charge in [-0.2, -0.15) is 4.31 Å². The third kappa shape index (κ3) is 2.94. The lowest BCUT2D eigenvalue weighted by Gasteiger charge is -2.33. The molecule has 17 heavy (non-hydrogen) atoms. The van der Waals surface area contributed by atoms with Crippen molar-refractivity contribution in [2.45, 2.75) is 37.6 Å². The van der Waals surface area contributed by atoms with E-state index in [1.807, 2.05) is 20.8 Å². The molecule has 7 heteroatoms. The molecule has 1 rings (SSSR count). The van der Waals surface area contributed by atoms with Crippen LogP contribution in [-0.2, 0) is 10.0 Å².